The second kappa shape index (κ2) is 10.6. The fourth-order valence-electron chi connectivity index (χ4n) is 3.32. The molecule has 0 spiro atoms. The number of furan rings is 1. The van der Waals surface area contributed by atoms with Gasteiger partial charge in [-0.15, -0.1) is 0 Å². The SMILES string of the molecule is O=C(NNC(=O)c1ccc(COc2ccccc2)o1)c1cccc(CN2CCOCC2)c1. The number of hydrogen-bond acceptors (Lipinski definition) is 6. The van der Waals surface area contributed by atoms with Crippen LogP contribution in [0.3, 0.4) is 0 Å². The number of ether oxygens (including phenoxy) is 2. The highest BCUT2D eigenvalue weighted by Crippen LogP contribution is 2.14. The minimum Gasteiger partial charge on any atom is -0.486 e. The Bertz CT molecular complexity index is 1040. The van der Waals surface area contributed by atoms with Crippen LogP contribution < -0.4 is 15.6 Å². The first-order valence-corrected chi connectivity index (χ1v) is 10.4. The van der Waals surface area contributed by atoms with Crippen LogP contribution in [-0.4, -0.2) is 43.0 Å². The minimum atomic E-state index is -0.547. The van der Waals surface area contributed by atoms with Gasteiger partial charge < -0.3 is 13.9 Å². The lowest BCUT2D eigenvalue weighted by molar-refractivity contribution is 0.0342. The van der Waals surface area contributed by atoms with Crippen LogP contribution in [0.15, 0.2) is 71.1 Å². The van der Waals surface area contributed by atoms with Crippen molar-refractivity contribution in [3.05, 3.63) is 89.4 Å². The van der Waals surface area contributed by atoms with E-state index in [1.165, 1.54) is 6.07 Å². The maximum atomic E-state index is 12.5. The third-order valence-electron chi connectivity index (χ3n) is 5.00. The standard InChI is InChI=1S/C24H25N3O5/c28-23(19-6-4-5-18(15-19)16-27-11-13-30-14-12-27)25-26-24(29)22-10-9-21(32-22)17-31-20-7-2-1-3-8-20/h1-10,15H,11-14,16-17H2,(H,25,28)(H,26,29). The van der Waals surface area contributed by atoms with Gasteiger partial charge in [-0.1, -0.05) is 30.3 Å². The van der Waals surface area contributed by atoms with Gasteiger partial charge >= 0.3 is 5.91 Å². The minimum absolute atomic E-state index is 0.0815. The molecule has 0 aliphatic carbocycles. The molecule has 0 bridgehead atoms. The summed E-state index contributed by atoms with van der Waals surface area (Å²) in [5.74, 6) is 0.340. The summed E-state index contributed by atoms with van der Waals surface area (Å²) in [5, 5.41) is 0. The first-order valence-electron chi connectivity index (χ1n) is 10.4. The molecule has 32 heavy (non-hydrogen) atoms. The number of nitrogens with zero attached hydrogens (tertiary/aromatic N) is 1. The lowest BCUT2D eigenvalue weighted by atomic mass is 10.1. The highest BCUT2D eigenvalue weighted by Gasteiger charge is 2.15. The maximum Gasteiger partial charge on any atom is 0.305 e. The number of para-hydroxylation sites is 1. The summed E-state index contributed by atoms with van der Waals surface area (Å²) in [7, 11) is 0. The molecule has 8 nitrogen and oxygen atoms in total. The van der Waals surface area contributed by atoms with Gasteiger partial charge in [-0.25, -0.2) is 0 Å². The van der Waals surface area contributed by atoms with Crippen molar-refractivity contribution in [3.8, 4) is 5.75 Å². The van der Waals surface area contributed by atoms with Gasteiger partial charge in [-0.2, -0.15) is 0 Å². The number of carbonyl (C=O) groups excluding carboxylic acids is 2. The first kappa shape index (κ1) is 21.6. The van der Waals surface area contributed by atoms with E-state index in [0.717, 1.165) is 38.4 Å². The highest BCUT2D eigenvalue weighted by molar-refractivity contribution is 5.98. The molecule has 2 heterocycles. The number of morpholine rings is 1. The molecule has 0 atom stereocenters. The van der Waals surface area contributed by atoms with E-state index in [-0.39, 0.29) is 12.4 Å². The first-order chi connectivity index (χ1) is 15.7. The van der Waals surface area contributed by atoms with Crippen LogP contribution in [0.5, 0.6) is 5.75 Å². The molecule has 0 unspecified atom stereocenters. The van der Waals surface area contributed by atoms with Crippen molar-refractivity contribution in [2.24, 2.45) is 0 Å². The zero-order valence-corrected chi connectivity index (χ0v) is 17.6. The van der Waals surface area contributed by atoms with E-state index in [2.05, 4.69) is 15.8 Å². The van der Waals surface area contributed by atoms with Crippen LogP contribution in [-0.2, 0) is 17.9 Å². The fraction of sp³-hybridized carbons (Fsp3) is 0.250. The van der Waals surface area contributed by atoms with Gasteiger partial charge in [0.1, 0.15) is 18.1 Å². The van der Waals surface area contributed by atoms with E-state index in [1.807, 2.05) is 48.5 Å². The van der Waals surface area contributed by atoms with Gasteiger partial charge in [0.25, 0.3) is 5.91 Å². The lowest BCUT2D eigenvalue weighted by Crippen LogP contribution is -2.41. The van der Waals surface area contributed by atoms with E-state index < -0.39 is 11.8 Å². The molecule has 4 rings (SSSR count). The second-order valence-electron chi connectivity index (χ2n) is 7.36. The Morgan fingerprint density at radius 1 is 0.906 bits per heavy atom. The summed E-state index contributed by atoms with van der Waals surface area (Å²) in [5.41, 5.74) is 6.31. The molecule has 0 radical (unpaired) electrons. The molecule has 1 fully saturated rings. The normalized spacial score (nSPS) is 14.0. The van der Waals surface area contributed by atoms with Gasteiger partial charge in [0, 0.05) is 25.2 Å². The summed E-state index contributed by atoms with van der Waals surface area (Å²) in [6.07, 6.45) is 0. The number of carbonyl (C=O) groups is 2. The zero-order chi connectivity index (χ0) is 22.2. The molecule has 1 aliphatic heterocycles. The molecule has 3 aromatic rings. The molecule has 166 valence electrons. The van der Waals surface area contributed by atoms with Crippen LogP contribution in [0.4, 0.5) is 0 Å². The van der Waals surface area contributed by atoms with Crippen molar-refractivity contribution in [1.82, 2.24) is 15.8 Å². The molecule has 8 heteroatoms. The van der Waals surface area contributed by atoms with E-state index in [4.69, 9.17) is 13.9 Å². The number of amides is 2. The number of rotatable bonds is 7. The third kappa shape index (κ3) is 5.96. The van der Waals surface area contributed by atoms with Crippen LogP contribution in [0.25, 0.3) is 0 Å². The fourth-order valence-corrected chi connectivity index (χ4v) is 3.32. The van der Waals surface area contributed by atoms with Gasteiger partial charge in [0.15, 0.2) is 5.76 Å². The number of hydrogen-bond donors (Lipinski definition) is 2. The summed E-state index contributed by atoms with van der Waals surface area (Å²) < 4.78 is 16.5. The van der Waals surface area contributed by atoms with Gasteiger partial charge in [0.2, 0.25) is 0 Å². The average molecular weight is 435 g/mol. The Hall–Kier alpha value is -3.62. The Morgan fingerprint density at radius 3 is 2.50 bits per heavy atom. The Balaban J connectivity index is 1.27. The van der Waals surface area contributed by atoms with Crippen molar-refractivity contribution in [2.75, 3.05) is 26.3 Å². The molecule has 2 N–H and O–H groups in total. The number of nitrogens with one attached hydrogen (secondary N) is 2. The van der Waals surface area contributed by atoms with E-state index >= 15 is 0 Å². The zero-order valence-electron chi connectivity index (χ0n) is 17.6. The van der Waals surface area contributed by atoms with Crippen molar-refractivity contribution < 1.29 is 23.5 Å². The Labute approximate surface area is 186 Å². The predicted molar refractivity (Wildman–Crippen MR) is 117 cm³/mol. The average Bonchev–Trinajstić information content (AvgIpc) is 3.32. The molecular weight excluding hydrogens is 410 g/mol. The molecule has 0 saturated carbocycles. The number of hydrazine groups is 1. The van der Waals surface area contributed by atoms with Gasteiger partial charge in [0.05, 0.1) is 13.2 Å². The van der Waals surface area contributed by atoms with Crippen molar-refractivity contribution in [3.63, 3.8) is 0 Å². The van der Waals surface area contributed by atoms with Crippen LogP contribution in [0.2, 0.25) is 0 Å². The topological polar surface area (TPSA) is 93.0 Å². The molecule has 1 saturated heterocycles. The summed E-state index contributed by atoms with van der Waals surface area (Å²) in [4.78, 5) is 27.1. The van der Waals surface area contributed by atoms with E-state index in [0.29, 0.717) is 17.1 Å². The summed E-state index contributed by atoms with van der Waals surface area (Å²) >= 11 is 0. The number of benzene rings is 2. The van der Waals surface area contributed by atoms with E-state index in [1.54, 1.807) is 12.1 Å². The van der Waals surface area contributed by atoms with Crippen LogP contribution in [0.1, 0.15) is 32.2 Å². The monoisotopic (exact) mass is 435 g/mol. The Kier molecular flexibility index (Phi) is 7.16. The lowest BCUT2D eigenvalue weighted by Gasteiger charge is -2.26. The van der Waals surface area contributed by atoms with Gasteiger partial charge in [-0.3, -0.25) is 25.3 Å². The second-order valence-corrected chi connectivity index (χ2v) is 7.36. The molecule has 1 aliphatic rings. The molecule has 2 aromatic carbocycles. The molecule has 2 amide bonds. The summed E-state index contributed by atoms with van der Waals surface area (Å²) in [6, 6.07) is 19.8. The highest BCUT2D eigenvalue weighted by atomic mass is 16.5. The third-order valence-corrected chi connectivity index (χ3v) is 5.00. The van der Waals surface area contributed by atoms with Crippen molar-refractivity contribution in [2.45, 2.75) is 13.2 Å². The van der Waals surface area contributed by atoms with Crippen LogP contribution >= 0.6 is 0 Å². The summed E-state index contributed by atoms with van der Waals surface area (Å²) in [6.45, 7) is 4.12. The maximum absolute atomic E-state index is 12.5. The quantitative estimate of drug-likeness (QED) is 0.555. The largest absolute Gasteiger partial charge is 0.486 e. The predicted octanol–water partition coefficient (Wildman–Crippen LogP) is 2.77. The smallest absolute Gasteiger partial charge is 0.305 e. The van der Waals surface area contributed by atoms with Crippen molar-refractivity contribution in [1.29, 1.82) is 0 Å². The molecular formula is C24H25N3O5. The van der Waals surface area contributed by atoms with Crippen LogP contribution in [0, 0.1) is 0 Å². The van der Waals surface area contributed by atoms with Crippen molar-refractivity contribution >= 4 is 11.8 Å². The Morgan fingerprint density at radius 2 is 1.69 bits per heavy atom. The van der Waals surface area contributed by atoms with E-state index in [9.17, 15) is 9.59 Å². The molecule has 1 aromatic heterocycles. The van der Waals surface area contributed by atoms with Gasteiger partial charge in [-0.05, 0) is 42.0 Å².